The number of amides is 1. The van der Waals surface area contributed by atoms with Crippen molar-refractivity contribution in [3.8, 4) is 0 Å². The first-order valence-corrected chi connectivity index (χ1v) is 7.21. The van der Waals surface area contributed by atoms with Crippen LogP contribution >= 0.6 is 11.8 Å². The van der Waals surface area contributed by atoms with E-state index in [1.807, 2.05) is 42.7 Å². The zero-order valence-electron chi connectivity index (χ0n) is 10.4. The fourth-order valence-corrected chi connectivity index (χ4v) is 2.70. The lowest BCUT2D eigenvalue weighted by Gasteiger charge is -2.16. The van der Waals surface area contributed by atoms with Crippen LogP contribution in [0.15, 0.2) is 46.5 Å². The largest absolute Gasteiger partial charge is 0.505 e. The van der Waals surface area contributed by atoms with Crippen LogP contribution in [0.5, 0.6) is 0 Å². The van der Waals surface area contributed by atoms with Gasteiger partial charge in [0.1, 0.15) is 5.76 Å². The van der Waals surface area contributed by atoms with E-state index in [-0.39, 0.29) is 11.7 Å². The Morgan fingerprint density at radius 1 is 1.32 bits per heavy atom. The van der Waals surface area contributed by atoms with Crippen molar-refractivity contribution in [1.82, 2.24) is 5.32 Å². The van der Waals surface area contributed by atoms with Gasteiger partial charge < -0.3 is 10.4 Å². The summed E-state index contributed by atoms with van der Waals surface area (Å²) in [5, 5.41) is 13.1. The van der Waals surface area contributed by atoms with Crippen molar-refractivity contribution < 1.29 is 9.90 Å². The van der Waals surface area contributed by atoms with Crippen molar-refractivity contribution >= 4 is 29.5 Å². The smallest absolute Gasteiger partial charge is 0.228 e. The predicted molar refractivity (Wildman–Crippen MR) is 77.6 cm³/mol. The highest BCUT2D eigenvalue weighted by atomic mass is 32.2. The van der Waals surface area contributed by atoms with Crippen LogP contribution in [0.2, 0.25) is 0 Å². The van der Waals surface area contributed by atoms with Crippen LogP contribution in [0, 0.1) is 0 Å². The van der Waals surface area contributed by atoms with Crippen LogP contribution in [0.25, 0.3) is 11.8 Å². The molecule has 1 amide bonds. The standard InChI is InChI=1S/C15H13NO2S/c1-19-11-5-6-12-10(8-11)3-2-9-4-7-13(17)16-14(9)15(12)18/h2-6,8,18H,7H2,1H3,(H,16,17). The third-order valence-electron chi connectivity index (χ3n) is 3.25. The SMILES string of the molecule is CSc1ccc2c(c1)C=CC1=CCC(=O)NC1=C2O. The summed E-state index contributed by atoms with van der Waals surface area (Å²) < 4.78 is 0. The molecule has 1 aliphatic carbocycles. The van der Waals surface area contributed by atoms with Crippen molar-refractivity contribution in [2.24, 2.45) is 0 Å². The third kappa shape index (κ3) is 2.08. The third-order valence-corrected chi connectivity index (χ3v) is 3.98. The lowest BCUT2D eigenvalue weighted by atomic mass is 10.0. The number of benzene rings is 1. The summed E-state index contributed by atoms with van der Waals surface area (Å²) in [6.45, 7) is 0. The minimum atomic E-state index is -0.0946. The molecule has 3 rings (SSSR count). The molecule has 0 aromatic heterocycles. The van der Waals surface area contributed by atoms with Gasteiger partial charge in [-0.1, -0.05) is 18.2 Å². The molecule has 1 heterocycles. The Kier molecular flexibility index (Phi) is 2.95. The number of thioether (sulfide) groups is 1. The highest BCUT2D eigenvalue weighted by Gasteiger charge is 2.22. The normalized spacial score (nSPS) is 17.3. The molecule has 0 atom stereocenters. The number of aliphatic hydroxyl groups excluding tert-OH is 1. The van der Waals surface area contributed by atoms with Gasteiger partial charge in [-0.25, -0.2) is 0 Å². The monoisotopic (exact) mass is 271 g/mol. The van der Waals surface area contributed by atoms with Gasteiger partial charge >= 0.3 is 0 Å². The molecule has 0 fully saturated rings. The zero-order valence-corrected chi connectivity index (χ0v) is 11.3. The zero-order chi connectivity index (χ0) is 13.4. The maximum Gasteiger partial charge on any atom is 0.228 e. The molecule has 0 saturated carbocycles. The number of carbonyl (C=O) groups excluding carboxylic acids is 1. The summed E-state index contributed by atoms with van der Waals surface area (Å²) in [4.78, 5) is 12.6. The van der Waals surface area contributed by atoms with E-state index in [4.69, 9.17) is 0 Å². The van der Waals surface area contributed by atoms with Gasteiger partial charge in [0, 0.05) is 16.9 Å². The van der Waals surface area contributed by atoms with Crippen molar-refractivity contribution in [1.29, 1.82) is 0 Å². The summed E-state index contributed by atoms with van der Waals surface area (Å²) in [7, 11) is 0. The second kappa shape index (κ2) is 4.63. The van der Waals surface area contributed by atoms with Crippen LogP contribution in [-0.2, 0) is 4.79 Å². The molecule has 0 radical (unpaired) electrons. The minimum Gasteiger partial charge on any atom is -0.505 e. The number of carbonyl (C=O) groups is 1. The van der Waals surface area contributed by atoms with Gasteiger partial charge in [0.25, 0.3) is 0 Å². The molecule has 0 bridgehead atoms. The van der Waals surface area contributed by atoms with Gasteiger partial charge in [-0.2, -0.15) is 0 Å². The number of aliphatic hydroxyl groups is 1. The maximum atomic E-state index is 11.5. The Labute approximate surface area is 115 Å². The van der Waals surface area contributed by atoms with Crippen LogP contribution in [-0.4, -0.2) is 17.3 Å². The first kappa shape index (κ1) is 12.1. The molecule has 0 saturated heterocycles. The Balaban J connectivity index is 2.20. The quantitative estimate of drug-likeness (QED) is 0.772. The van der Waals surface area contributed by atoms with E-state index in [1.54, 1.807) is 11.8 Å². The van der Waals surface area contributed by atoms with E-state index in [2.05, 4.69) is 5.32 Å². The molecule has 2 aliphatic rings. The minimum absolute atomic E-state index is 0.0946. The molecule has 96 valence electrons. The van der Waals surface area contributed by atoms with Gasteiger partial charge in [0.2, 0.25) is 5.91 Å². The number of fused-ring (bicyclic) bond motifs is 2. The Hall–Kier alpha value is -1.94. The molecular formula is C15H13NO2S. The van der Waals surface area contributed by atoms with Crippen LogP contribution in [0.1, 0.15) is 17.5 Å². The first-order valence-electron chi connectivity index (χ1n) is 5.99. The summed E-state index contributed by atoms with van der Waals surface area (Å²) in [6.07, 6.45) is 8.11. The lowest BCUT2D eigenvalue weighted by molar-refractivity contribution is -0.119. The van der Waals surface area contributed by atoms with E-state index in [1.165, 1.54) is 0 Å². The van der Waals surface area contributed by atoms with Gasteiger partial charge in [0.05, 0.1) is 5.70 Å². The van der Waals surface area contributed by atoms with E-state index in [0.717, 1.165) is 21.6 Å². The second-order valence-electron chi connectivity index (χ2n) is 4.42. The Bertz CT molecular complexity index is 656. The number of allylic oxidation sites excluding steroid dienone is 1. The molecule has 1 aliphatic heterocycles. The predicted octanol–water partition coefficient (Wildman–Crippen LogP) is 3.11. The molecule has 0 unspecified atom stereocenters. The highest BCUT2D eigenvalue weighted by molar-refractivity contribution is 7.98. The van der Waals surface area contributed by atoms with E-state index < -0.39 is 0 Å². The average Bonchev–Trinajstić information content (AvgIpc) is 2.57. The molecular weight excluding hydrogens is 258 g/mol. The van der Waals surface area contributed by atoms with E-state index in [0.29, 0.717) is 12.1 Å². The number of hydrogen-bond acceptors (Lipinski definition) is 3. The van der Waals surface area contributed by atoms with Gasteiger partial charge in [-0.05, 0) is 35.6 Å². The summed E-state index contributed by atoms with van der Waals surface area (Å²) in [6, 6.07) is 5.89. The van der Waals surface area contributed by atoms with Crippen molar-refractivity contribution in [2.45, 2.75) is 11.3 Å². The van der Waals surface area contributed by atoms with Gasteiger partial charge in [-0.15, -0.1) is 11.8 Å². The maximum absolute atomic E-state index is 11.5. The van der Waals surface area contributed by atoms with Crippen LogP contribution < -0.4 is 5.32 Å². The van der Waals surface area contributed by atoms with Gasteiger partial charge in [-0.3, -0.25) is 4.79 Å². The fraction of sp³-hybridized carbons (Fsp3) is 0.133. The molecule has 1 aromatic carbocycles. The van der Waals surface area contributed by atoms with Gasteiger partial charge in [0.15, 0.2) is 0 Å². The summed E-state index contributed by atoms with van der Waals surface area (Å²) in [5.41, 5.74) is 3.07. The molecule has 0 spiro atoms. The topological polar surface area (TPSA) is 49.3 Å². The number of hydrogen-bond donors (Lipinski definition) is 2. The lowest BCUT2D eigenvalue weighted by Crippen LogP contribution is -2.27. The highest BCUT2D eigenvalue weighted by Crippen LogP contribution is 2.32. The average molecular weight is 271 g/mol. The molecule has 19 heavy (non-hydrogen) atoms. The molecule has 1 aromatic rings. The van der Waals surface area contributed by atoms with Crippen molar-refractivity contribution in [3.05, 3.63) is 52.7 Å². The molecule has 2 N–H and O–H groups in total. The van der Waals surface area contributed by atoms with E-state index in [9.17, 15) is 9.90 Å². The number of nitrogens with one attached hydrogen (secondary N) is 1. The van der Waals surface area contributed by atoms with Crippen LogP contribution in [0.4, 0.5) is 0 Å². The Morgan fingerprint density at radius 2 is 2.16 bits per heavy atom. The molecule has 4 heteroatoms. The van der Waals surface area contributed by atoms with E-state index >= 15 is 0 Å². The number of rotatable bonds is 1. The van der Waals surface area contributed by atoms with Crippen molar-refractivity contribution in [3.63, 3.8) is 0 Å². The fourth-order valence-electron chi connectivity index (χ4n) is 2.25. The van der Waals surface area contributed by atoms with Crippen LogP contribution in [0.3, 0.4) is 0 Å². The Morgan fingerprint density at radius 3 is 2.95 bits per heavy atom. The summed E-state index contributed by atoms with van der Waals surface area (Å²) >= 11 is 1.66. The van der Waals surface area contributed by atoms with Crippen molar-refractivity contribution in [2.75, 3.05) is 6.26 Å². The molecule has 3 nitrogen and oxygen atoms in total. The second-order valence-corrected chi connectivity index (χ2v) is 5.30. The first-order chi connectivity index (χ1) is 9.19. The summed E-state index contributed by atoms with van der Waals surface area (Å²) in [5.74, 6) is 0.0369.